The number of benzene rings is 1. The van der Waals surface area contributed by atoms with Crippen LogP contribution in [0.5, 0.6) is 17.2 Å². The lowest BCUT2D eigenvalue weighted by atomic mass is 10.2. The van der Waals surface area contributed by atoms with E-state index in [4.69, 9.17) is 14.2 Å². The lowest BCUT2D eigenvalue weighted by molar-refractivity contribution is 0.0755. The molecular weight excluding hydrogens is 360 g/mol. The van der Waals surface area contributed by atoms with E-state index in [1.165, 1.54) is 12.8 Å². The normalized spacial score (nSPS) is 14.2. The number of nitrogens with one attached hydrogen (secondary N) is 1. The number of hydrogen-bond acceptors (Lipinski definition) is 7. The summed E-state index contributed by atoms with van der Waals surface area (Å²) >= 11 is 0. The Balaban J connectivity index is 1.82. The lowest BCUT2D eigenvalue weighted by Gasteiger charge is -2.20. The standard InChI is InChI=1S/C20H26N4O4/c1-26-16-12-14(13-17(27-2)18(16)28-3)22-20-21-9-8-15(23-20)19(25)24-10-6-4-5-7-11-24/h8-9,12-13H,4-7,10-11H2,1-3H3,(H,21,22,23). The van der Waals surface area contributed by atoms with Crippen LogP contribution >= 0.6 is 0 Å². The maximum absolute atomic E-state index is 12.8. The fourth-order valence-electron chi connectivity index (χ4n) is 3.26. The van der Waals surface area contributed by atoms with Crippen LogP contribution in [0.25, 0.3) is 0 Å². The summed E-state index contributed by atoms with van der Waals surface area (Å²) in [5.41, 5.74) is 1.04. The van der Waals surface area contributed by atoms with Crippen molar-refractivity contribution >= 4 is 17.5 Å². The summed E-state index contributed by atoms with van der Waals surface area (Å²) in [7, 11) is 4.66. The van der Waals surface area contributed by atoms with Gasteiger partial charge in [-0.05, 0) is 18.9 Å². The topological polar surface area (TPSA) is 85.8 Å². The van der Waals surface area contributed by atoms with Gasteiger partial charge in [-0.25, -0.2) is 9.97 Å². The number of methoxy groups -OCH3 is 3. The number of aromatic nitrogens is 2. The molecule has 0 bridgehead atoms. The zero-order valence-corrected chi connectivity index (χ0v) is 16.5. The molecule has 150 valence electrons. The lowest BCUT2D eigenvalue weighted by Crippen LogP contribution is -2.32. The highest BCUT2D eigenvalue weighted by atomic mass is 16.5. The maximum atomic E-state index is 12.8. The molecule has 1 fully saturated rings. The summed E-state index contributed by atoms with van der Waals surface area (Å²) in [6.45, 7) is 1.55. The first-order valence-electron chi connectivity index (χ1n) is 9.35. The second-order valence-corrected chi connectivity index (χ2v) is 6.51. The predicted octanol–water partition coefficient (Wildman–Crippen LogP) is 3.26. The van der Waals surface area contributed by atoms with Crippen LogP contribution in [-0.4, -0.2) is 55.2 Å². The van der Waals surface area contributed by atoms with Crippen LogP contribution in [0, 0.1) is 0 Å². The molecule has 0 unspecified atom stereocenters. The van der Waals surface area contributed by atoms with E-state index in [-0.39, 0.29) is 5.91 Å². The summed E-state index contributed by atoms with van der Waals surface area (Å²) in [5.74, 6) is 1.80. The number of carbonyl (C=O) groups is 1. The minimum atomic E-state index is -0.0581. The average Bonchev–Trinajstić information content (AvgIpc) is 3.02. The second kappa shape index (κ2) is 9.25. The molecular formula is C20H26N4O4. The molecule has 3 rings (SSSR count). The van der Waals surface area contributed by atoms with Crippen molar-refractivity contribution in [3.63, 3.8) is 0 Å². The molecule has 1 aromatic heterocycles. The molecule has 1 aliphatic rings. The second-order valence-electron chi connectivity index (χ2n) is 6.51. The molecule has 0 atom stereocenters. The van der Waals surface area contributed by atoms with E-state index in [2.05, 4.69) is 15.3 Å². The SMILES string of the molecule is COc1cc(Nc2nccc(C(=O)N3CCCCCC3)n2)cc(OC)c1OC. The Kier molecular flexibility index (Phi) is 6.52. The summed E-state index contributed by atoms with van der Waals surface area (Å²) < 4.78 is 16.1. The Morgan fingerprint density at radius 1 is 1.00 bits per heavy atom. The summed E-state index contributed by atoms with van der Waals surface area (Å²) in [4.78, 5) is 23.3. The Labute approximate surface area is 164 Å². The zero-order valence-electron chi connectivity index (χ0n) is 16.5. The molecule has 1 saturated heterocycles. The molecule has 1 N–H and O–H groups in total. The van der Waals surface area contributed by atoms with Crippen molar-refractivity contribution in [2.45, 2.75) is 25.7 Å². The summed E-state index contributed by atoms with van der Waals surface area (Å²) in [5, 5.41) is 3.11. The van der Waals surface area contributed by atoms with Crippen molar-refractivity contribution in [2.75, 3.05) is 39.7 Å². The van der Waals surface area contributed by atoms with Gasteiger partial charge >= 0.3 is 0 Å². The molecule has 2 aromatic rings. The third-order valence-electron chi connectivity index (χ3n) is 4.69. The van der Waals surface area contributed by atoms with Crippen LogP contribution < -0.4 is 19.5 Å². The van der Waals surface area contributed by atoms with E-state index < -0.39 is 0 Å². The van der Waals surface area contributed by atoms with Crippen LogP contribution in [0.3, 0.4) is 0 Å². The molecule has 0 aliphatic carbocycles. The quantitative estimate of drug-likeness (QED) is 0.815. The number of likely N-dealkylation sites (tertiary alicyclic amines) is 1. The molecule has 1 aliphatic heterocycles. The van der Waals surface area contributed by atoms with Gasteiger partial charge in [-0.15, -0.1) is 0 Å². The maximum Gasteiger partial charge on any atom is 0.272 e. The van der Waals surface area contributed by atoms with Gasteiger partial charge in [0.15, 0.2) is 11.5 Å². The molecule has 0 radical (unpaired) electrons. The highest BCUT2D eigenvalue weighted by molar-refractivity contribution is 5.92. The van der Waals surface area contributed by atoms with Crippen LogP contribution in [0.15, 0.2) is 24.4 Å². The van der Waals surface area contributed by atoms with Gasteiger partial charge in [-0.3, -0.25) is 4.79 Å². The molecule has 1 amide bonds. The Morgan fingerprint density at radius 3 is 2.21 bits per heavy atom. The van der Waals surface area contributed by atoms with Gasteiger partial charge in [0.2, 0.25) is 11.7 Å². The monoisotopic (exact) mass is 386 g/mol. The summed E-state index contributed by atoms with van der Waals surface area (Å²) in [6.07, 6.45) is 5.99. The first-order valence-corrected chi connectivity index (χ1v) is 9.35. The number of hydrogen-bond donors (Lipinski definition) is 1. The Morgan fingerprint density at radius 2 is 1.64 bits per heavy atom. The number of nitrogens with zero attached hydrogens (tertiary/aromatic N) is 3. The fourth-order valence-corrected chi connectivity index (χ4v) is 3.26. The van der Waals surface area contributed by atoms with Crippen molar-refractivity contribution in [1.82, 2.24) is 14.9 Å². The van der Waals surface area contributed by atoms with Gasteiger partial charge < -0.3 is 24.4 Å². The number of anilines is 2. The third-order valence-corrected chi connectivity index (χ3v) is 4.69. The van der Waals surface area contributed by atoms with Crippen molar-refractivity contribution in [3.8, 4) is 17.2 Å². The molecule has 8 nitrogen and oxygen atoms in total. The van der Waals surface area contributed by atoms with Gasteiger partial charge in [0.05, 0.1) is 21.3 Å². The van der Waals surface area contributed by atoms with Gasteiger partial charge in [-0.2, -0.15) is 0 Å². The van der Waals surface area contributed by atoms with Crippen LogP contribution in [0.1, 0.15) is 36.2 Å². The highest BCUT2D eigenvalue weighted by Gasteiger charge is 2.19. The van der Waals surface area contributed by atoms with Crippen LogP contribution in [0.2, 0.25) is 0 Å². The number of carbonyl (C=O) groups excluding carboxylic acids is 1. The minimum Gasteiger partial charge on any atom is -0.493 e. The van der Waals surface area contributed by atoms with Crippen molar-refractivity contribution in [3.05, 3.63) is 30.1 Å². The molecule has 8 heteroatoms. The molecule has 0 saturated carbocycles. The molecule has 2 heterocycles. The number of rotatable bonds is 6. The molecule has 1 aromatic carbocycles. The van der Waals surface area contributed by atoms with Crippen molar-refractivity contribution in [1.29, 1.82) is 0 Å². The van der Waals surface area contributed by atoms with Crippen molar-refractivity contribution < 1.29 is 19.0 Å². The van der Waals surface area contributed by atoms with Gasteiger partial charge in [0, 0.05) is 37.1 Å². The van der Waals surface area contributed by atoms with Gasteiger partial charge in [0.1, 0.15) is 5.69 Å². The van der Waals surface area contributed by atoms with Gasteiger partial charge in [-0.1, -0.05) is 12.8 Å². The number of ether oxygens (including phenoxy) is 3. The first-order chi connectivity index (χ1) is 13.7. The molecule has 0 spiro atoms. The molecule has 28 heavy (non-hydrogen) atoms. The van der Waals surface area contributed by atoms with E-state index in [0.29, 0.717) is 34.6 Å². The predicted molar refractivity (Wildman–Crippen MR) is 106 cm³/mol. The van der Waals surface area contributed by atoms with Crippen LogP contribution in [0.4, 0.5) is 11.6 Å². The van der Waals surface area contributed by atoms with E-state index in [1.807, 2.05) is 4.90 Å². The van der Waals surface area contributed by atoms with E-state index >= 15 is 0 Å². The summed E-state index contributed by atoms with van der Waals surface area (Å²) in [6, 6.07) is 5.16. The van der Waals surface area contributed by atoms with Crippen LogP contribution in [-0.2, 0) is 0 Å². The highest BCUT2D eigenvalue weighted by Crippen LogP contribution is 2.40. The van der Waals surface area contributed by atoms with E-state index in [9.17, 15) is 4.79 Å². The largest absolute Gasteiger partial charge is 0.493 e. The zero-order chi connectivity index (χ0) is 19.9. The average molecular weight is 386 g/mol. The Bertz CT molecular complexity index is 795. The number of amides is 1. The first kappa shape index (κ1) is 19.7. The fraction of sp³-hybridized carbons (Fsp3) is 0.450. The van der Waals surface area contributed by atoms with Gasteiger partial charge in [0.25, 0.3) is 5.91 Å². The van der Waals surface area contributed by atoms with E-state index in [0.717, 1.165) is 25.9 Å². The van der Waals surface area contributed by atoms with Crippen molar-refractivity contribution in [2.24, 2.45) is 0 Å². The Hall–Kier alpha value is -3.03. The minimum absolute atomic E-state index is 0.0581. The van der Waals surface area contributed by atoms with E-state index in [1.54, 1.807) is 45.7 Å². The third kappa shape index (κ3) is 4.44. The smallest absolute Gasteiger partial charge is 0.272 e.